The molecule has 2 rings (SSSR count). The molecule has 0 spiro atoms. The summed E-state index contributed by atoms with van der Waals surface area (Å²) >= 11 is 0. The van der Waals surface area contributed by atoms with Crippen LogP contribution in [0, 0.1) is 5.41 Å². The fourth-order valence-electron chi connectivity index (χ4n) is 2.61. The quantitative estimate of drug-likeness (QED) is 0.390. The molecular formula is C21H21F3N4O3. The monoisotopic (exact) mass is 434 g/mol. The van der Waals surface area contributed by atoms with E-state index in [2.05, 4.69) is 15.6 Å². The number of amides is 1. The Morgan fingerprint density at radius 3 is 2.45 bits per heavy atom. The van der Waals surface area contributed by atoms with Gasteiger partial charge in [-0.15, -0.1) is 0 Å². The Morgan fingerprint density at radius 2 is 1.81 bits per heavy atom. The number of nitrogens with zero attached hydrogens (tertiary/aromatic N) is 2. The van der Waals surface area contributed by atoms with Crippen LogP contribution in [-0.2, 0) is 27.3 Å². The molecule has 164 valence electrons. The highest BCUT2D eigenvalue weighted by molar-refractivity contribution is 6.48. The van der Waals surface area contributed by atoms with Gasteiger partial charge in [-0.3, -0.25) is 10.2 Å². The Hall–Kier alpha value is -3.69. The van der Waals surface area contributed by atoms with Crippen LogP contribution >= 0.6 is 0 Å². The van der Waals surface area contributed by atoms with Gasteiger partial charge in [0.05, 0.1) is 11.3 Å². The molecule has 0 saturated heterocycles. The second-order valence-corrected chi connectivity index (χ2v) is 6.36. The maximum atomic E-state index is 12.9. The lowest BCUT2D eigenvalue weighted by molar-refractivity contribution is -0.137. The highest BCUT2D eigenvalue weighted by Crippen LogP contribution is 2.29. The lowest BCUT2D eigenvalue weighted by atomic mass is 10.0. The molecular weight excluding hydrogens is 413 g/mol. The maximum absolute atomic E-state index is 12.9. The third kappa shape index (κ3) is 6.66. The van der Waals surface area contributed by atoms with E-state index in [0.717, 1.165) is 12.1 Å². The number of alkyl halides is 3. The van der Waals surface area contributed by atoms with E-state index in [1.54, 1.807) is 24.3 Å². The van der Waals surface area contributed by atoms with Crippen molar-refractivity contribution < 1.29 is 27.6 Å². The van der Waals surface area contributed by atoms with E-state index >= 15 is 0 Å². The first-order valence-electron chi connectivity index (χ1n) is 9.03. The average molecular weight is 434 g/mol. The van der Waals surface area contributed by atoms with Crippen LogP contribution in [0.1, 0.15) is 36.1 Å². The van der Waals surface area contributed by atoms with Gasteiger partial charge in [0.2, 0.25) is 5.91 Å². The van der Waals surface area contributed by atoms with Crippen molar-refractivity contribution in [2.45, 2.75) is 26.6 Å². The van der Waals surface area contributed by atoms with Crippen molar-refractivity contribution in [3.63, 3.8) is 0 Å². The molecule has 0 radical (unpaired) electrons. The van der Waals surface area contributed by atoms with Gasteiger partial charge in [0.1, 0.15) is 13.7 Å². The second-order valence-electron chi connectivity index (χ2n) is 6.36. The summed E-state index contributed by atoms with van der Waals surface area (Å²) in [6.45, 7) is 2.74. The van der Waals surface area contributed by atoms with Crippen molar-refractivity contribution >= 4 is 23.2 Å². The molecule has 0 saturated carbocycles. The van der Waals surface area contributed by atoms with E-state index in [-0.39, 0.29) is 29.4 Å². The van der Waals surface area contributed by atoms with Crippen LogP contribution < -0.4 is 5.32 Å². The summed E-state index contributed by atoms with van der Waals surface area (Å²) < 4.78 is 38.7. The lowest BCUT2D eigenvalue weighted by Crippen LogP contribution is -2.35. The number of rotatable bonds is 7. The van der Waals surface area contributed by atoms with E-state index in [9.17, 15) is 18.0 Å². The minimum atomic E-state index is -4.45. The normalized spacial score (nSPS) is 12.3. The number of nitrogens with one attached hydrogen (secondary N) is 2. The Labute approximate surface area is 177 Å². The van der Waals surface area contributed by atoms with Gasteiger partial charge in [-0.2, -0.15) is 13.2 Å². The van der Waals surface area contributed by atoms with Crippen LogP contribution in [0.3, 0.4) is 0 Å². The van der Waals surface area contributed by atoms with Gasteiger partial charge in [0.15, 0.2) is 11.5 Å². The molecule has 2 N–H and O–H groups in total. The molecule has 2 aromatic carbocycles. The van der Waals surface area contributed by atoms with Gasteiger partial charge in [-0.1, -0.05) is 46.7 Å². The molecule has 2 aromatic rings. The zero-order valence-electron chi connectivity index (χ0n) is 17.1. The van der Waals surface area contributed by atoms with E-state index in [4.69, 9.17) is 15.1 Å². The van der Waals surface area contributed by atoms with E-state index in [1.807, 2.05) is 0 Å². The Balaban J connectivity index is 2.22. The topological polar surface area (TPSA) is 96.1 Å². The molecule has 0 fully saturated rings. The molecule has 0 unspecified atom stereocenters. The van der Waals surface area contributed by atoms with Crippen molar-refractivity contribution in [3.8, 4) is 0 Å². The molecule has 0 aromatic heterocycles. The molecule has 1 amide bonds. The molecule has 0 bridgehead atoms. The second kappa shape index (κ2) is 10.4. The lowest BCUT2D eigenvalue weighted by Gasteiger charge is -2.12. The van der Waals surface area contributed by atoms with Gasteiger partial charge in [0.25, 0.3) is 0 Å². The number of carbonyl (C=O) groups excluding carboxylic acids is 1. The highest BCUT2D eigenvalue weighted by atomic mass is 19.4. The van der Waals surface area contributed by atoms with Gasteiger partial charge in [-0.05, 0) is 24.6 Å². The first-order chi connectivity index (χ1) is 14.6. The van der Waals surface area contributed by atoms with Crippen molar-refractivity contribution in [1.29, 1.82) is 5.41 Å². The van der Waals surface area contributed by atoms with Crippen LogP contribution in [0.5, 0.6) is 0 Å². The van der Waals surface area contributed by atoms with Crippen LogP contribution in [-0.4, -0.2) is 30.3 Å². The summed E-state index contributed by atoms with van der Waals surface area (Å²) in [6, 6.07) is 11.6. The molecule has 10 heteroatoms. The molecule has 0 atom stereocenters. The number of halogens is 3. The fourth-order valence-corrected chi connectivity index (χ4v) is 2.61. The third-order valence-electron chi connectivity index (χ3n) is 4.02. The van der Waals surface area contributed by atoms with Crippen LogP contribution in [0.4, 0.5) is 13.2 Å². The van der Waals surface area contributed by atoms with Gasteiger partial charge in [0, 0.05) is 18.1 Å². The standard InChI is InChI=1S/C21H21F3N4O3/c1-13(15-8-6-9-17(11-15)21(22,23)24)27-31-12-16-7-4-5-10-18(16)19(28-30-3)20(25)26-14(2)29/h4-11H,12H2,1-3H3,(H2,25,26,29)/b27-13?,28-19+. The zero-order valence-corrected chi connectivity index (χ0v) is 17.1. The van der Waals surface area contributed by atoms with Crippen molar-refractivity contribution in [2.24, 2.45) is 10.3 Å². The summed E-state index contributed by atoms with van der Waals surface area (Å²) in [6.07, 6.45) is -4.45. The minimum Gasteiger partial charge on any atom is -0.399 e. The predicted molar refractivity (Wildman–Crippen MR) is 110 cm³/mol. The summed E-state index contributed by atoms with van der Waals surface area (Å²) in [7, 11) is 1.31. The number of amidine groups is 1. The number of hydrogen-bond donors (Lipinski definition) is 2. The number of oxime groups is 2. The van der Waals surface area contributed by atoms with E-state index in [1.165, 1.54) is 33.1 Å². The molecule has 0 aliphatic rings. The van der Waals surface area contributed by atoms with Crippen LogP contribution in [0.2, 0.25) is 0 Å². The number of benzene rings is 2. The van der Waals surface area contributed by atoms with E-state index in [0.29, 0.717) is 11.1 Å². The third-order valence-corrected chi connectivity index (χ3v) is 4.02. The highest BCUT2D eigenvalue weighted by Gasteiger charge is 2.30. The minimum absolute atomic E-state index is 0.0530. The fraction of sp³-hybridized carbons (Fsp3) is 0.238. The van der Waals surface area contributed by atoms with Crippen LogP contribution in [0.25, 0.3) is 0 Å². The summed E-state index contributed by atoms with van der Waals surface area (Å²) in [5.74, 6) is -0.700. The summed E-state index contributed by atoms with van der Waals surface area (Å²) in [4.78, 5) is 21.4. The maximum Gasteiger partial charge on any atom is 0.416 e. The Bertz CT molecular complexity index is 1020. The summed E-state index contributed by atoms with van der Waals surface area (Å²) in [5.41, 5.74) is 0.888. The molecule has 7 nitrogen and oxygen atoms in total. The zero-order chi connectivity index (χ0) is 23.0. The number of hydrogen-bond acceptors (Lipinski definition) is 6. The van der Waals surface area contributed by atoms with Gasteiger partial charge in [-0.25, -0.2) is 0 Å². The number of carbonyl (C=O) groups is 1. The van der Waals surface area contributed by atoms with Crippen molar-refractivity contribution in [3.05, 3.63) is 70.8 Å². The first-order valence-corrected chi connectivity index (χ1v) is 9.03. The van der Waals surface area contributed by atoms with Crippen molar-refractivity contribution in [1.82, 2.24) is 5.32 Å². The molecule has 0 aliphatic heterocycles. The molecule has 31 heavy (non-hydrogen) atoms. The largest absolute Gasteiger partial charge is 0.416 e. The van der Waals surface area contributed by atoms with Crippen molar-refractivity contribution in [2.75, 3.05) is 7.11 Å². The smallest absolute Gasteiger partial charge is 0.399 e. The van der Waals surface area contributed by atoms with E-state index < -0.39 is 17.6 Å². The first kappa shape index (κ1) is 23.6. The summed E-state index contributed by atoms with van der Waals surface area (Å²) in [5, 5.41) is 18.1. The SMILES string of the molecule is CO/N=C(/C(=N)NC(C)=O)c1ccccc1CON=C(C)c1cccc(C(F)(F)F)c1. The molecule has 0 aliphatic carbocycles. The molecule has 0 heterocycles. The Kier molecular flexibility index (Phi) is 7.89. The van der Waals surface area contributed by atoms with Crippen LogP contribution in [0.15, 0.2) is 58.8 Å². The Morgan fingerprint density at radius 1 is 1.10 bits per heavy atom. The van der Waals surface area contributed by atoms with Gasteiger partial charge >= 0.3 is 6.18 Å². The predicted octanol–water partition coefficient (Wildman–Crippen LogP) is 4.11. The van der Waals surface area contributed by atoms with Gasteiger partial charge < -0.3 is 15.0 Å². The average Bonchev–Trinajstić information content (AvgIpc) is 2.71.